The number of hydrogen-bond donors (Lipinski definition) is 0. The standard InChI is InChI=1S/C10H14FN/c11-10(6-2-1-3-7-10)12-8-4-5-9-12/h1-3,6H,4-5,7-9H2. The number of likely N-dealkylation sites (tertiary alicyclic amines) is 1. The average Bonchev–Trinajstić information content (AvgIpc) is 2.58. The zero-order chi connectivity index (χ0) is 8.44. The van der Waals surface area contributed by atoms with Crippen LogP contribution in [0, 0.1) is 0 Å². The van der Waals surface area contributed by atoms with Gasteiger partial charge in [-0.3, -0.25) is 4.90 Å². The molecule has 0 aromatic heterocycles. The Morgan fingerprint density at radius 1 is 1.17 bits per heavy atom. The van der Waals surface area contributed by atoms with Crippen LogP contribution < -0.4 is 0 Å². The summed E-state index contributed by atoms with van der Waals surface area (Å²) in [5, 5.41) is 0. The lowest BCUT2D eigenvalue weighted by molar-refractivity contribution is 0.0302. The van der Waals surface area contributed by atoms with Crippen LogP contribution in [0.3, 0.4) is 0 Å². The van der Waals surface area contributed by atoms with E-state index in [1.807, 2.05) is 23.1 Å². The number of hydrogen-bond acceptors (Lipinski definition) is 1. The van der Waals surface area contributed by atoms with Gasteiger partial charge in [-0.25, -0.2) is 4.39 Å². The molecule has 2 heteroatoms. The van der Waals surface area contributed by atoms with Crippen LogP contribution in [-0.2, 0) is 0 Å². The van der Waals surface area contributed by atoms with E-state index in [-0.39, 0.29) is 0 Å². The Morgan fingerprint density at radius 3 is 2.50 bits per heavy atom. The van der Waals surface area contributed by atoms with Crippen LogP contribution in [0.1, 0.15) is 19.3 Å². The molecule has 1 fully saturated rings. The van der Waals surface area contributed by atoms with Gasteiger partial charge in [-0.15, -0.1) is 0 Å². The van der Waals surface area contributed by atoms with Gasteiger partial charge in [0.1, 0.15) is 0 Å². The monoisotopic (exact) mass is 167 g/mol. The first-order valence-electron chi connectivity index (χ1n) is 4.60. The van der Waals surface area contributed by atoms with Crippen molar-refractivity contribution < 1.29 is 4.39 Å². The third-order valence-electron chi connectivity index (χ3n) is 2.63. The highest BCUT2D eigenvalue weighted by molar-refractivity contribution is 5.17. The third-order valence-corrected chi connectivity index (χ3v) is 2.63. The fourth-order valence-corrected chi connectivity index (χ4v) is 1.91. The second-order valence-corrected chi connectivity index (χ2v) is 3.50. The molecule has 0 saturated carbocycles. The van der Waals surface area contributed by atoms with Gasteiger partial charge in [-0.1, -0.05) is 18.2 Å². The van der Waals surface area contributed by atoms with E-state index in [4.69, 9.17) is 0 Å². The summed E-state index contributed by atoms with van der Waals surface area (Å²) in [7, 11) is 0. The molecule has 0 aromatic carbocycles. The first kappa shape index (κ1) is 7.99. The Hall–Kier alpha value is -0.630. The Morgan fingerprint density at radius 2 is 1.92 bits per heavy atom. The van der Waals surface area contributed by atoms with E-state index in [1.165, 1.54) is 0 Å². The second-order valence-electron chi connectivity index (χ2n) is 3.50. The molecule has 1 aliphatic carbocycles. The largest absolute Gasteiger partial charge is 0.268 e. The van der Waals surface area contributed by atoms with Crippen LogP contribution in [0.25, 0.3) is 0 Å². The van der Waals surface area contributed by atoms with Crippen molar-refractivity contribution in [3.63, 3.8) is 0 Å². The molecule has 0 radical (unpaired) electrons. The topological polar surface area (TPSA) is 3.24 Å². The van der Waals surface area contributed by atoms with Crippen molar-refractivity contribution >= 4 is 0 Å². The zero-order valence-electron chi connectivity index (χ0n) is 7.17. The van der Waals surface area contributed by atoms with E-state index in [0.717, 1.165) is 25.9 Å². The van der Waals surface area contributed by atoms with Crippen LogP contribution >= 0.6 is 0 Å². The molecule has 1 heterocycles. The summed E-state index contributed by atoms with van der Waals surface area (Å²) in [6.45, 7) is 1.82. The summed E-state index contributed by atoms with van der Waals surface area (Å²) < 4.78 is 14.1. The van der Waals surface area contributed by atoms with Gasteiger partial charge < -0.3 is 0 Å². The molecule has 0 aromatic rings. The number of rotatable bonds is 1. The Kier molecular flexibility index (Phi) is 2.01. The molecular formula is C10H14FN. The Bertz CT molecular complexity index is 216. The number of alkyl halides is 1. The highest BCUT2D eigenvalue weighted by Crippen LogP contribution is 2.30. The third kappa shape index (κ3) is 1.31. The molecule has 0 bridgehead atoms. The average molecular weight is 167 g/mol. The van der Waals surface area contributed by atoms with Gasteiger partial charge >= 0.3 is 0 Å². The van der Waals surface area contributed by atoms with E-state index in [0.29, 0.717) is 6.42 Å². The van der Waals surface area contributed by atoms with Gasteiger partial charge in [0.2, 0.25) is 0 Å². The minimum absolute atomic E-state index is 0.517. The smallest absolute Gasteiger partial charge is 0.186 e. The fraction of sp³-hybridized carbons (Fsp3) is 0.600. The van der Waals surface area contributed by atoms with Gasteiger partial charge in [-0.2, -0.15) is 0 Å². The van der Waals surface area contributed by atoms with Gasteiger partial charge in [0.05, 0.1) is 0 Å². The summed E-state index contributed by atoms with van der Waals surface area (Å²) in [4.78, 5) is 1.94. The lowest BCUT2D eigenvalue weighted by Gasteiger charge is -2.32. The molecule has 2 aliphatic rings. The van der Waals surface area contributed by atoms with Crippen molar-refractivity contribution in [1.82, 2.24) is 4.90 Å². The van der Waals surface area contributed by atoms with Crippen LogP contribution in [0.4, 0.5) is 4.39 Å². The van der Waals surface area contributed by atoms with Crippen LogP contribution in [0.2, 0.25) is 0 Å². The van der Waals surface area contributed by atoms with Crippen molar-refractivity contribution in [3.05, 3.63) is 24.3 Å². The zero-order valence-corrected chi connectivity index (χ0v) is 7.17. The van der Waals surface area contributed by atoms with Crippen molar-refractivity contribution in [1.29, 1.82) is 0 Å². The van der Waals surface area contributed by atoms with Gasteiger partial charge in [0, 0.05) is 19.5 Å². The van der Waals surface area contributed by atoms with E-state index in [9.17, 15) is 4.39 Å². The Balaban J connectivity index is 2.09. The summed E-state index contributed by atoms with van der Waals surface area (Å²) in [5.74, 6) is -1.18. The van der Waals surface area contributed by atoms with E-state index in [1.54, 1.807) is 6.08 Å². The quantitative estimate of drug-likeness (QED) is 0.541. The van der Waals surface area contributed by atoms with Crippen LogP contribution in [0.15, 0.2) is 24.3 Å². The molecule has 1 saturated heterocycles. The van der Waals surface area contributed by atoms with Crippen LogP contribution in [-0.4, -0.2) is 23.8 Å². The van der Waals surface area contributed by atoms with Crippen molar-refractivity contribution in [2.75, 3.05) is 13.1 Å². The molecule has 66 valence electrons. The molecule has 2 rings (SSSR count). The van der Waals surface area contributed by atoms with Gasteiger partial charge in [0.15, 0.2) is 5.79 Å². The van der Waals surface area contributed by atoms with Gasteiger partial charge in [0.25, 0.3) is 0 Å². The predicted octanol–water partition coefficient (Wildman–Crippen LogP) is 2.26. The minimum atomic E-state index is -1.18. The molecule has 1 nitrogen and oxygen atoms in total. The molecular weight excluding hydrogens is 153 g/mol. The summed E-state index contributed by atoms with van der Waals surface area (Å²) in [6.07, 6.45) is 10.1. The Labute approximate surface area is 72.6 Å². The molecule has 0 spiro atoms. The fourth-order valence-electron chi connectivity index (χ4n) is 1.91. The highest BCUT2D eigenvalue weighted by atomic mass is 19.1. The molecule has 0 amide bonds. The van der Waals surface area contributed by atoms with E-state index < -0.39 is 5.79 Å². The summed E-state index contributed by atoms with van der Waals surface area (Å²) >= 11 is 0. The van der Waals surface area contributed by atoms with E-state index >= 15 is 0 Å². The molecule has 1 unspecified atom stereocenters. The first-order valence-corrected chi connectivity index (χ1v) is 4.60. The van der Waals surface area contributed by atoms with Crippen LogP contribution in [0.5, 0.6) is 0 Å². The maximum Gasteiger partial charge on any atom is 0.186 e. The van der Waals surface area contributed by atoms with Gasteiger partial charge in [-0.05, 0) is 18.9 Å². The number of nitrogens with zero attached hydrogens (tertiary/aromatic N) is 1. The summed E-state index contributed by atoms with van der Waals surface area (Å²) in [6, 6.07) is 0. The first-order chi connectivity index (χ1) is 5.81. The van der Waals surface area contributed by atoms with E-state index in [2.05, 4.69) is 0 Å². The number of halogens is 1. The SMILES string of the molecule is FC1(N2CCCC2)C=CC=CC1. The maximum atomic E-state index is 14.1. The normalized spacial score (nSPS) is 36.1. The summed E-state index contributed by atoms with van der Waals surface area (Å²) in [5.41, 5.74) is 0. The van der Waals surface area contributed by atoms with Crippen molar-refractivity contribution in [2.45, 2.75) is 25.1 Å². The minimum Gasteiger partial charge on any atom is -0.268 e. The molecule has 1 atom stereocenters. The van der Waals surface area contributed by atoms with Crippen molar-refractivity contribution in [2.24, 2.45) is 0 Å². The molecule has 12 heavy (non-hydrogen) atoms. The molecule has 0 N–H and O–H groups in total. The van der Waals surface area contributed by atoms with Crippen molar-refractivity contribution in [3.8, 4) is 0 Å². The highest BCUT2D eigenvalue weighted by Gasteiger charge is 2.35. The number of allylic oxidation sites excluding steroid dienone is 2. The maximum absolute atomic E-state index is 14.1. The lowest BCUT2D eigenvalue weighted by atomic mass is 10.1. The molecule has 1 aliphatic heterocycles. The second kappa shape index (κ2) is 3.02. The predicted molar refractivity (Wildman–Crippen MR) is 47.5 cm³/mol. The lowest BCUT2D eigenvalue weighted by Crippen LogP contribution is -2.41.